The number of nitro groups is 1. The minimum absolute atomic E-state index is 0.150. The third-order valence-electron chi connectivity index (χ3n) is 8.33. The van der Waals surface area contributed by atoms with Gasteiger partial charge in [-0.2, -0.15) is 0 Å². The van der Waals surface area contributed by atoms with Crippen LogP contribution in [0, 0.1) is 24.0 Å². The van der Waals surface area contributed by atoms with Gasteiger partial charge in [0.05, 0.1) is 30.3 Å². The zero-order valence-corrected chi connectivity index (χ0v) is 30.6. The maximum absolute atomic E-state index is 11.3. The van der Waals surface area contributed by atoms with Crippen molar-refractivity contribution >= 4 is 5.69 Å². The van der Waals surface area contributed by atoms with Crippen molar-refractivity contribution in [3.8, 4) is 28.7 Å². The molecule has 9 nitrogen and oxygen atoms in total. The molecule has 0 fully saturated rings. The Morgan fingerprint density at radius 1 is 0.549 bits per heavy atom. The van der Waals surface area contributed by atoms with Crippen molar-refractivity contribution in [2.75, 3.05) is 13.2 Å². The largest absolute Gasteiger partial charge is 0.494 e. The van der Waals surface area contributed by atoms with E-state index in [0.717, 1.165) is 65.0 Å². The van der Waals surface area contributed by atoms with Crippen LogP contribution in [-0.4, -0.2) is 23.2 Å². The van der Waals surface area contributed by atoms with E-state index in [1.165, 1.54) is 43.9 Å². The van der Waals surface area contributed by atoms with Crippen molar-refractivity contribution < 1.29 is 33.7 Å². The Morgan fingerprint density at radius 2 is 1.00 bits per heavy atom. The predicted octanol–water partition coefficient (Wildman–Crippen LogP) is 10.4. The lowest BCUT2D eigenvalue weighted by Gasteiger charge is -2.15. The van der Waals surface area contributed by atoms with E-state index in [1.54, 1.807) is 0 Å². The monoisotopic (exact) mass is 699 g/mol. The Balaban J connectivity index is 1.49. The van der Waals surface area contributed by atoms with Gasteiger partial charge in [-0.15, -0.1) is 0 Å². The fourth-order valence-corrected chi connectivity index (χ4v) is 5.76. The second kappa shape index (κ2) is 20.8. The van der Waals surface area contributed by atoms with Gasteiger partial charge < -0.3 is 28.8 Å². The number of benzene rings is 4. The molecule has 4 rings (SSSR count). The van der Waals surface area contributed by atoms with Gasteiger partial charge >= 0.3 is 0 Å². The molecule has 51 heavy (non-hydrogen) atoms. The fourth-order valence-electron chi connectivity index (χ4n) is 5.76. The normalized spacial score (nSPS) is 10.9. The molecule has 0 radical (unpaired) electrons. The van der Waals surface area contributed by atoms with Crippen LogP contribution < -0.4 is 23.7 Å². The van der Waals surface area contributed by atoms with Crippen molar-refractivity contribution in [1.82, 2.24) is 0 Å². The molecule has 0 unspecified atom stereocenters. The van der Waals surface area contributed by atoms with Gasteiger partial charge in [-0.05, 0) is 103 Å². The highest BCUT2D eigenvalue weighted by atomic mass is 16.6. The average Bonchev–Trinajstić information content (AvgIpc) is 3.11. The topological polar surface area (TPSA) is 110 Å². The molecule has 0 aliphatic heterocycles. The van der Waals surface area contributed by atoms with Gasteiger partial charge in [0, 0.05) is 12.1 Å². The predicted molar refractivity (Wildman–Crippen MR) is 200 cm³/mol. The molecule has 1 N–H and O–H groups in total. The van der Waals surface area contributed by atoms with E-state index in [9.17, 15) is 15.2 Å². The molecular formula is C42H53NO8. The van der Waals surface area contributed by atoms with Crippen LogP contribution in [0.1, 0.15) is 98.6 Å². The summed E-state index contributed by atoms with van der Waals surface area (Å²) in [5.41, 5.74) is 4.99. The Morgan fingerprint density at radius 3 is 1.45 bits per heavy atom. The first-order chi connectivity index (χ1) is 24.8. The summed E-state index contributed by atoms with van der Waals surface area (Å²) >= 11 is 0. The zero-order valence-electron chi connectivity index (χ0n) is 30.6. The Labute approximate surface area is 302 Å². The van der Waals surface area contributed by atoms with Crippen LogP contribution in [0.3, 0.4) is 0 Å². The van der Waals surface area contributed by atoms with Crippen molar-refractivity contribution in [2.45, 2.75) is 105 Å². The van der Waals surface area contributed by atoms with E-state index < -0.39 is 11.5 Å². The molecule has 0 amide bonds. The van der Waals surface area contributed by atoms with Crippen LogP contribution in [0.5, 0.6) is 28.7 Å². The first-order valence-corrected chi connectivity index (χ1v) is 18.1. The lowest BCUT2D eigenvalue weighted by Crippen LogP contribution is -2.03. The first-order valence-electron chi connectivity index (χ1n) is 18.1. The molecule has 0 saturated heterocycles. The lowest BCUT2D eigenvalue weighted by atomic mass is 10.1. The third kappa shape index (κ3) is 13.5. The molecule has 0 spiro atoms. The molecule has 0 saturated carbocycles. The second-order valence-corrected chi connectivity index (χ2v) is 13.0. The summed E-state index contributed by atoms with van der Waals surface area (Å²) in [5, 5.41) is 21.0. The summed E-state index contributed by atoms with van der Waals surface area (Å²) in [6, 6.07) is 22.3. The van der Waals surface area contributed by atoms with Crippen LogP contribution in [0.4, 0.5) is 5.69 Å². The minimum atomic E-state index is -0.520. The van der Waals surface area contributed by atoms with Crippen molar-refractivity contribution in [2.24, 2.45) is 0 Å². The number of hydrogen-bond acceptors (Lipinski definition) is 8. The third-order valence-corrected chi connectivity index (χ3v) is 8.33. The lowest BCUT2D eigenvalue weighted by molar-refractivity contribution is -0.385. The summed E-state index contributed by atoms with van der Waals surface area (Å²) < 4.78 is 30.7. The van der Waals surface area contributed by atoms with Gasteiger partial charge in [-0.25, -0.2) is 0 Å². The van der Waals surface area contributed by atoms with E-state index in [0.29, 0.717) is 43.7 Å². The maximum atomic E-state index is 11.3. The Bertz CT molecular complexity index is 1600. The van der Waals surface area contributed by atoms with E-state index in [1.807, 2.05) is 56.3 Å². The summed E-state index contributed by atoms with van der Waals surface area (Å²) in [7, 11) is 0. The van der Waals surface area contributed by atoms with Crippen LogP contribution >= 0.6 is 0 Å². The molecule has 4 aromatic rings. The maximum Gasteiger partial charge on any atom is 0.275 e. The average molecular weight is 700 g/mol. The highest BCUT2D eigenvalue weighted by Crippen LogP contribution is 2.29. The molecular weight excluding hydrogens is 646 g/mol. The minimum Gasteiger partial charge on any atom is -0.494 e. The Kier molecular flexibility index (Phi) is 15.9. The molecule has 274 valence electrons. The molecule has 0 heterocycles. The van der Waals surface area contributed by atoms with Gasteiger partial charge in [-0.3, -0.25) is 10.1 Å². The van der Waals surface area contributed by atoms with E-state index in [4.69, 9.17) is 23.7 Å². The van der Waals surface area contributed by atoms with Crippen LogP contribution in [0.25, 0.3) is 0 Å². The SMILES string of the molecule is CCCCCCOc1cc(C)cc(COc2cc(COc3ccc([N+](=O)[O-])c(CO)c3)cc(OCc3cc(C)cc(OCCCCCC)c3)c2)c1. The van der Waals surface area contributed by atoms with Crippen LogP contribution in [0.15, 0.2) is 72.8 Å². The van der Waals surface area contributed by atoms with Gasteiger partial charge in [0.25, 0.3) is 5.69 Å². The highest BCUT2D eigenvalue weighted by Gasteiger charge is 2.14. The number of nitrogens with zero attached hydrogens (tertiary/aromatic N) is 1. The van der Waals surface area contributed by atoms with Gasteiger partial charge in [-0.1, -0.05) is 64.5 Å². The number of hydrogen-bond donors (Lipinski definition) is 1. The smallest absolute Gasteiger partial charge is 0.275 e. The van der Waals surface area contributed by atoms with Crippen molar-refractivity contribution in [3.05, 3.63) is 116 Å². The number of aliphatic hydroxyl groups excluding tert-OH is 1. The molecule has 0 atom stereocenters. The van der Waals surface area contributed by atoms with E-state index in [-0.39, 0.29) is 17.9 Å². The second-order valence-electron chi connectivity index (χ2n) is 13.0. The summed E-state index contributed by atoms with van der Waals surface area (Å²) in [5.74, 6) is 3.29. The van der Waals surface area contributed by atoms with Crippen LogP contribution in [0.2, 0.25) is 0 Å². The summed E-state index contributed by atoms with van der Waals surface area (Å²) in [6.07, 6.45) is 9.18. The van der Waals surface area contributed by atoms with Crippen LogP contribution in [-0.2, 0) is 26.4 Å². The number of ether oxygens (including phenoxy) is 5. The molecule has 0 bridgehead atoms. The summed E-state index contributed by atoms with van der Waals surface area (Å²) in [4.78, 5) is 10.8. The van der Waals surface area contributed by atoms with Crippen molar-refractivity contribution in [1.29, 1.82) is 0 Å². The Hall–Kier alpha value is -4.76. The first kappa shape index (κ1) is 39.0. The van der Waals surface area contributed by atoms with Gasteiger partial charge in [0.1, 0.15) is 48.6 Å². The zero-order chi connectivity index (χ0) is 36.4. The summed E-state index contributed by atoms with van der Waals surface area (Å²) in [6.45, 7) is 10.2. The molecule has 0 aliphatic carbocycles. The highest BCUT2D eigenvalue weighted by molar-refractivity contribution is 5.45. The van der Waals surface area contributed by atoms with Gasteiger partial charge in [0.15, 0.2) is 0 Å². The molecule has 0 aliphatic rings. The fraction of sp³-hybridized carbons (Fsp3) is 0.429. The van der Waals surface area contributed by atoms with E-state index in [2.05, 4.69) is 26.0 Å². The number of rotatable bonds is 23. The molecule has 9 heteroatoms. The number of nitro benzene ring substituents is 1. The standard InChI is InChI=1S/C42H53NO8/c1-5-7-9-11-15-47-38-19-31(3)17-33(21-38)28-50-40-23-35(30-49-37-13-14-42(43(45)46)36(25-37)27-44)24-41(26-40)51-29-34-18-32(4)20-39(22-34)48-16-12-10-8-6-2/h13-14,17-26,44H,5-12,15-16,27-30H2,1-4H3. The quantitative estimate of drug-likeness (QED) is 0.0463. The number of aliphatic hydroxyl groups is 1. The molecule has 0 aromatic heterocycles. The molecule has 4 aromatic carbocycles. The number of unbranched alkanes of at least 4 members (excludes halogenated alkanes) is 6. The van der Waals surface area contributed by atoms with E-state index >= 15 is 0 Å². The van der Waals surface area contributed by atoms with Gasteiger partial charge in [0.2, 0.25) is 0 Å². The number of aryl methyl sites for hydroxylation is 2. The van der Waals surface area contributed by atoms with Crippen molar-refractivity contribution in [3.63, 3.8) is 0 Å².